The van der Waals surface area contributed by atoms with Crippen LogP contribution in [0.2, 0.25) is 0 Å². The predicted octanol–water partition coefficient (Wildman–Crippen LogP) is 3.17. The van der Waals surface area contributed by atoms with Crippen molar-refractivity contribution in [2.45, 2.75) is 70.2 Å². The molecule has 2 rings (SSSR count). The zero-order valence-electron chi connectivity index (χ0n) is 11.5. The SMILES string of the molecule is CC1=C[C@@](O)(CCCCO[C@@H]2CCCCO2)CC1. The first kappa shape index (κ1) is 14.0. The van der Waals surface area contributed by atoms with E-state index in [1.54, 1.807) is 0 Å². The summed E-state index contributed by atoms with van der Waals surface area (Å²) in [6, 6.07) is 0. The topological polar surface area (TPSA) is 38.7 Å². The number of hydrogen-bond acceptors (Lipinski definition) is 3. The maximum Gasteiger partial charge on any atom is 0.157 e. The van der Waals surface area contributed by atoms with E-state index in [9.17, 15) is 5.11 Å². The minimum absolute atomic E-state index is 0.0236. The maximum absolute atomic E-state index is 10.3. The molecule has 0 unspecified atom stereocenters. The van der Waals surface area contributed by atoms with Crippen LogP contribution in [0.15, 0.2) is 11.6 Å². The van der Waals surface area contributed by atoms with Crippen LogP contribution in [0.3, 0.4) is 0 Å². The van der Waals surface area contributed by atoms with E-state index in [0.717, 1.165) is 51.7 Å². The van der Waals surface area contributed by atoms with E-state index in [2.05, 4.69) is 6.92 Å². The van der Waals surface area contributed by atoms with Crippen LogP contribution in [0.4, 0.5) is 0 Å². The van der Waals surface area contributed by atoms with Crippen molar-refractivity contribution < 1.29 is 14.6 Å². The molecule has 0 amide bonds. The molecule has 0 spiro atoms. The molecule has 1 fully saturated rings. The Hall–Kier alpha value is -0.380. The van der Waals surface area contributed by atoms with Gasteiger partial charge in [-0.1, -0.05) is 11.6 Å². The fourth-order valence-corrected chi connectivity index (χ4v) is 2.80. The fourth-order valence-electron chi connectivity index (χ4n) is 2.80. The van der Waals surface area contributed by atoms with Crippen molar-refractivity contribution in [3.8, 4) is 0 Å². The first-order valence-corrected chi connectivity index (χ1v) is 7.32. The minimum atomic E-state index is -0.536. The monoisotopic (exact) mass is 254 g/mol. The van der Waals surface area contributed by atoms with Crippen LogP contribution in [0.25, 0.3) is 0 Å². The number of aliphatic hydroxyl groups is 1. The second kappa shape index (κ2) is 6.69. The van der Waals surface area contributed by atoms with Crippen molar-refractivity contribution in [1.82, 2.24) is 0 Å². The lowest BCUT2D eigenvalue weighted by Crippen LogP contribution is -2.24. The van der Waals surface area contributed by atoms with Crippen LogP contribution in [0, 0.1) is 0 Å². The van der Waals surface area contributed by atoms with E-state index >= 15 is 0 Å². The van der Waals surface area contributed by atoms with Gasteiger partial charge < -0.3 is 14.6 Å². The normalized spacial score (nSPS) is 32.6. The summed E-state index contributed by atoms with van der Waals surface area (Å²) in [6.45, 7) is 3.69. The molecule has 1 heterocycles. The smallest absolute Gasteiger partial charge is 0.157 e. The van der Waals surface area contributed by atoms with Crippen LogP contribution in [0.5, 0.6) is 0 Å². The number of rotatable bonds is 6. The number of hydrogen-bond donors (Lipinski definition) is 1. The largest absolute Gasteiger partial charge is 0.386 e. The van der Waals surface area contributed by atoms with E-state index in [0.29, 0.717) is 0 Å². The van der Waals surface area contributed by atoms with Crippen LogP contribution in [-0.2, 0) is 9.47 Å². The van der Waals surface area contributed by atoms with Gasteiger partial charge in [-0.25, -0.2) is 0 Å². The number of unbranched alkanes of at least 4 members (excludes halogenated alkanes) is 1. The molecular formula is C15H26O3. The Morgan fingerprint density at radius 2 is 2.33 bits per heavy atom. The Bertz CT molecular complexity index is 281. The van der Waals surface area contributed by atoms with Crippen molar-refractivity contribution in [3.63, 3.8) is 0 Å². The van der Waals surface area contributed by atoms with Crippen molar-refractivity contribution in [3.05, 3.63) is 11.6 Å². The molecule has 0 saturated carbocycles. The number of ether oxygens (including phenoxy) is 2. The molecule has 1 aliphatic carbocycles. The van der Waals surface area contributed by atoms with Crippen LogP contribution in [0.1, 0.15) is 58.3 Å². The van der Waals surface area contributed by atoms with Crippen LogP contribution in [-0.4, -0.2) is 30.2 Å². The Labute approximate surface area is 110 Å². The van der Waals surface area contributed by atoms with E-state index in [-0.39, 0.29) is 6.29 Å². The van der Waals surface area contributed by atoms with Gasteiger partial charge in [-0.15, -0.1) is 0 Å². The molecule has 0 aromatic carbocycles. The van der Waals surface area contributed by atoms with E-state index in [1.165, 1.54) is 18.4 Å². The Morgan fingerprint density at radius 1 is 1.44 bits per heavy atom. The molecule has 3 heteroatoms. The Morgan fingerprint density at radius 3 is 3.00 bits per heavy atom. The van der Waals surface area contributed by atoms with Gasteiger partial charge in [-0.3, -0.25) is 0 Å². The lowest BCUT2D eigenvalue weighted by atomic mass is 9.96. The van der Waals surface area contributed by atoms with Crippen molar-refractivity contribution in [1.29, 1.82) is 0 Å². The van der Waals surface area contributed by atoms with Gasteiger partial charge in [0.15, 0.2) is 6.29 Å². The molecule has 1 N–H and O–H groups in total. The van der Waals surface area contributed by atoms with Gasteiger partial charge in [0, 0.05) is 13.2 Å². The summed E-state index contributed by atoms with van der Waals surface area (Å²) in [5.74, 6) is 0. The molecule has 18 heavy (non-hydrogen) atoms. The lowest BCUT2D eigenvalue weighted by Gasteiger charge is -2.23. The summed E-state index contributed by atoms with van der Waals surface area (Å²) in [7, 11) is 0. The van der Waals surface area contributed by atoms with Gasteiger partial charge in [0.25, 0.3) is 0 Å². The molecule has 3 nitrogen and oxygen atoms in total. The standard InChI is InChI=1S/C15H26O3/c1-13-7-9-15(16,12-13)8-3-5-11-18-14-6-2-4-10-17-14/h12,14,16H,2-11H2,1H3/t14-,15-/m1/s1. The molecule has 2 atom stereocenters. The zero-order chi connectivity index (χ0) is 12.8. The summed E-state index contributed by atoms with van der Waals surface area (Å²) in [5.41, 5.74) is 0.787. The average Bonchev–Trinajstić information content (AvgIpc) is 2.70. The van der Waals surface area contributed by atoms with E-state index in [4.69, 9.17) is 9.47 Å². The summed E-state index contributed by atoms with van der Waals surface area (Å²) in [4.78, 5) is 0. The maximum atomic E-state index is 10.3. The highest BCUT2D eigenvalue weighted by Gasteiger charge is 2.28. The van der Waals surface area contributed by atoms with Gasteiger partial charge in [0.2, 0.25) is 0 Å². The molecule has 0 aromatic rings. The molecular weight excluding hydrogens is 228 g/mol. The first-order chi connectivity index (χ1) is 8.68. The zero-order valence-corrected chi connectivity index (χ0v) is 11.5. The Balaban J connectivity index is 1.53. The van der Waals surface area contributed by atoms with Gasteiger partial charge in [-0.05, 0) is 58.3 Å². The lowest BCUT2D eigenvalue weighted by molar-refractivity contribution is -0.163. The molecule has 1 saturated heterocycles. The first-order valence-electron chi connectivity index (χ1n) is 7.32. The fraction of sp³-hybridized carbons (Fsp3) is 0.867. The summed E-state index contributed by atoms with van der Waals surface area (Å²) in [6.07, 6.45) is 10.3. The molecule has 1 aliphatic heterocycles. The second-order valence-corrected chi connectivity index (χ2v) is 5.72. The predicted molar refractivity (Wildman–Crippen MR) is 71.3 cm³/mol. The van der Waals surface area contributed by atoms with Crippen molar-refractivity contribution in [2.24, 2.45) is 0 Å². The summed E-state index contributed by atoms with van der Waals surface area (Å²) < 4.78 is 11.2. The molecule has 0 radical (unpaired) electrons. The van der Waals surface area contributed by atoms with Gasteiger partial charge in [-0.2, -0.15) is 0 Å². The quantitative estimate of drug-likeness (QED) is 0.584. The summed E-state index contributed by atoms with van der Waals surface area (Å²) in [5, 5.41) is 10.3. The van der Waals surface area contributed by atoms with Gasteiger partial charge in [0.05, 0.1) is 5.60 Å². The van der Waals surface area contributed by atoms with Crippen molar-refractivity contribution in [2.75, 3.05) is 13.2 Å². The minimum Gasteiger partial charge on any atom is -0.386 e. The van der Waals surface area contributed by atoms with Gasteiger partial charge >= 0.3 is 0 Å². The van der Waals surface area contributed by atoms with Crippen LogP contribution >= 0.6 is 0 Å². The molecule has 104 valence electrons. The van der Waals surface area contributed by atoms with Crippen LogP contribution < -0.4 is 0 Å². The van der Waals surface area contributed by atoms with Gasteiger partial charge in [0.1, 0.15) is 0 Å². The highest BCUT2D eigenvalue weighted by molar-refractivity contribution is 5.16. The highest BCUT2D eigenvalue weighted by atomic mass is 16.7. The van der Waals surface area contributed by atoms with E-state index < -0.39 is 5.60 Å². The average molecular weight is 254 g/mol. The third kappa shape index (κ3) is 4.38. The third-order valence-electron chi connectivity index (χ3n) is 3.91. The second-order valence-electron chi connectivity index (χ2n) is 5.72. The molecule has 0 aromatic heterocycles. The highest BCUT2D eigenvalue weighted by Crippen LogP contribution is 2.31. The Kier molecular flexibility index (Phi) is 5.22. The summed E-state index contributed by atoms with van der Waals surface area (Å²) >= 11 is 0. The third-order valence-corrected chi connectivity index (χ3v) is 3.91. The van der Waals surface area contributed by atoms with E-state index in [1.807, 2.05) is 6.08 Å². The number of allylic oxidation sites excluding steroid dienone is 1. The molecule has 0 bridgehead atoms. The molecule has 2 aliphatic rings. The van der Waals surface area contributed by atoms with Crippen molar-refractivity contribution >= 4 is 0 Å².